The van der Waals surface area contributed by atoms with E-state index in [0.29, 0.717) is 5.82 Å². The maximum absolute atomic E-state index is 13.7. The average molecular weight is 429 g/mol. The van der Waals surface area contributed by atoms with Gasteiger partial charge in [0.1, 0.15) is 17.4 Å². The van der Waals surface area contributed by atoms with Crippen LogP contribution >= 0.6 is 0 Å². The summed E-state index contributed by atoms with van der Waals surface area (Å²) in [5.74, 6) is 2.14. The molecule has 32 heavy (non-hydrogen) atoms. The number of imidazole rings is 1. The molecule has 3 heterocycles. The largest absolute Gasteiger partial charge is 0.495 e. The highest BCUT2D eigenvalue weighted by atomic mass is 19.1. The van der Waals surface area contributed by atoms with Gasteiger partial charge in [0.05, 0.1) is 24.8 Å². The Labute approximate surface area is 186 Å². The third-order valence-corrected chi connectivity index (χ3v) is 5.76. The minimum Gasteiger partial charge on any atom is -0.495 e. The molecule has 0 amide bonds. The van der Waals surface area contributed by atoms with E-state index in [1.54, 1.807) is 25.6 Å². The molecule has 162 valence electrons. The number of ether oxygens (including phenoxy) is 1. The molecule has 0 saturated heterocycles. The average Bonchev–Trinajstić information content (AvgIpc) is 3.43. The fourth-order valence-electron chi connectivity index (χ4n) is 4.21. The Kier molecular flexibility index (Phi) is 5.31. The summed E-state index contributed by atoms with van der Waals surface area (Å²) in [6.07, 6.45) is 9.55. The third-order valence-electron chi connectivity index (χ3n) is 5.76. The lowest BCUT2D eigenvalue weighted by Gasteiger charge is -2.22. The topological polar surface area (TPSA) is 57.8 Å². The van der Waals surface area contributed by atoms with Crippen LogP contribution < -0.4 is 4.74 Å². The highest BCUT2D eigenvalue weighted by Crippen LogP contribution is 2.32. The summed E-state index contributed by atoms with van der Waals surface area (Å²) in [4.78, 5) is 9.05. The van der Waals surface area contributed by atoms with Crippen molar-refractivity contribution in [3.05, 3.63) is 89.3 Å². The first-order valence-corrected chi connectivity index (χ1v) is 10.7. The van der Waals surface area contributed by atoms with Crippen molar-refractivity contribution in [2.45, 2.75) is 32.2 Å². The van der Waals surface area contributed by atoms with E-state index < -0.39 is 0 Å². The van der Waals surface area contributed by atoms with Crippen molar-refractivity contribution >= 4 is 12.2 Å². The van der Waals surface area contributed by atoms with Crippen LogP contribution in [0.1, 0.15) is 47.2 Å². The molecule has 6 nitrogen and oxygen atoms in total. The van der Waals surface area contributed by atoms with Gasteiger partial charge >= 0.3 is 0 Å². The van der Waals surface area contributed by atoms with Gasteiger partial charge in [-0.05, 0) is 61.2 Å². The highest BCUT2D eigenvalue weighted by molar-refractivity contribution is 5.69. The van der Waals surface area contributed by atoms with Crippen molar-refractivity contribution < 1.29 is 9.13 Å². The number of rotatable bonds is 5. The summed E-state index contributed by atoms with van der Waals surface area (Å²) in [5.41, 5.74) is 3.81. The predicted octanol–water partition coefficient (Wildman–Crippen LogP) is 5.02. The first kappa shape index (κ1) is 20.2. The predicted molar refractivity (Wildman–Crippen MR) is 121 cm³/mol. The Morgan fingerprint density at radius 1 is 1.16 bits per heavy atom. The lowest BCUT2D eigenvalue weighted by molar-refractivity contribution is 0.413. The van der Waals surface area contributed by atoms with E-state index in [0.717, 1.165) is 53.5 Å². The van der Waals surface area contributed by atoms with Crippen LogP contribution in [-0.4, -0.2) is 31.4 Å². The number of aromatic nitrogens is 5. The summed E-state index contributed by atoms with van der Waals surface area (Å²) in [6, 6.07) is 12.8. The van der Waals surface area contributed by atoms with E-state index >= 15 is 0 Å². The molecule has 5 rings (SSSR count). The SMILES string of the molecule is COc1cc(C=Cc2nc3n(n2)CCCC3c2cccc(F)c2)ccc1-n1cnc(C)c1. The Bertz CT molecular complexity index is 1290. The van der Waals surface area contributed by atoms with E-state index in [1.165, 1.54) is 6.07 Å². The van der Waals surface area contributed by atoms with E-state index in [4.69, 9.17) is 9.72 Å². The minimum absolute atomic E-state index is 0.0621. The Morgan fingerprint density at radius 3 is 2.84 bits per heavy atom. The molecule has 1 atom stereocenters. The number of methoxy groups -OCH3 is 1. The zero-order valence-corrected chi connectivity index (χ0v) is 18.1. The number of nitrogens with zero attached hydrogens (tertiary/aromatic N) is 5. The summed E-state index contributed by atoms with van der Waals surface area (Å²) in [7, 11) is 1.66. The van der Waals surface area contributed by atoms with Crippen molar-refractivity contribution in [1.82, 2.24) is 24.3 Å². The van der Waals surface area contributed by atoms with Gasteiger partial charge in [0, 0.05) is 18.7 Å². The fourth-order valence-corrected chi connectivity index (χ4v) is 4.21. The number of aryl methyl sites for hydroxylation is 2. The maximum atomic E-state index is 13.7. The van der Waals surface area contributed by atoms with Crippen LogP contribution in [0, 0.1) is 12.7 Å². The Hall–Kier alpha value is -3.74. The molecule has 2 aromatic heterocycles. The second kappa shape index (κ2) is 8.42. The van der Waals surface area contributed by atoms with Gasteiger partial charge in [-0.2, -0.15) is 5.10 Å². The van der Waals surface area contributed by atoms with Crippen LogP contribution in [0.4, 0.5) is 4.39 Å². The van der Waals surface area contributed by atoms with E-state index in [2.05, 4.69) is 10.1 Å². The van der Waals surface area contributed by atoms with Crippen molar-refractivity contribution in [1.29, 1.82) is 0 Å². The Balaban J connectivity index is 1.41. The first-order valence-electron chi connectivity index (χ1n) is 10.7. The Morgan fingerprint density at radius 2 is 2.06 bits per heavy atom. The van der Waals surface area contributed by atoms with Crippen LogP contribution in [0.15, 0.2) is 55.0 Å². The van der Waals surface area contributed by atoms with Gasteiger partial charge in [-0.3, -0.25) is 0 Å². The fraction of sp³-hybridized carbons (Fsp3) is 0.240. The van der Waals surface area contributed by atoms with Gasteiger partial charge in [0.15, 0.2) is 5.82 Å². The van der Waals surface area contributed by atoms with Crippen molar-refractivity contribution in [2.75, 3.05) is 7.11 Å². The van der Waals surface area contributed by atoms with Gasteiger partial charge in [-0.1, -0.05) is 24.3 Å². The monoisotopic (exact) mass is 429 g/mol. The maximum Gasteiger partial charge on any atom is 0.174 e. The lowest BCUT2D eigenvalue weighted by atomic mass is 9.91. The van der Waals surface area contributed by atoms with Crippen LogP contribution in [0.3, 0.4) is 0 Å². The molecule has 0 spiro atoms. The molecular formula is C25H24FN5O. The molecule has 2 aromatic carbocycles. The zero-order chi connectivity index (χ0) is 22.1. The molecule has 4 aromatic rings. The molecule has 7 heteroatoms. The molecular weight excluding hydrogens is 405 g/mol. The van der Waals surface area contributed by atoms with Crippen molar-refractivity contribution in [2.24, 2.45) is 0 Å². The number of halogens is 1. The third kappa shape index (κ3) is 3.93. The quantitative estimate of drug-likeness (QED) is 0.447. The molecule has 0 fully saturated rings. The van der Waals surface area contributed by atoms with E-state index in [-0.39, 0.29) is 11.7 Å². The highest BCUT2D eigenvalue weighted by Gasteiger charge is 2.25. The molecule has 0 N–H and O–H groups in total. The molecule has 1 unspecified atom stereocenters. The number of hydrogen-bond donors (Lipinski definition) is 0. The lowest BCUT2D eigenvalue weighted by Crippen LogP contribution is -2.18. The van der Waals surface area contributed by atoms with Crippen LogP contribution in [-0.2, 0) is 6.54 Å². The van der Waals surface area contributed by atoms with Crippen LogP contribution in [0.2, 0.25) is 0 Å². The van der Waals surface area contributed by atoms with Crippen molar-refractivity contribution in [3.8, 4) is 11.4 Å². The van der Waals surface area contributed by atoms with Gasteiger partial charge < -0.3 is 9.30 Å². The minimum atomic E-state index is -0.220. The summed E-state index contributed by atoms with van der Waals surface area (Å²) < 4.78 is 23.2. The van der Waals surface area contributed by atoms with Gasteiger partial charge in [-0.25, -0.2) is 19.0 Å². The van der Waals surface area contributed by atoms with Crippen LogP contribution in [0.25, 0.3) is 17.8 Å². The van der Waals surface area contributed by atoms with E-state index in [9.17, 15) is 4.39 Å². The smallest absolute Gasteiger partial charge is 0.174 e. The first-order chi connectivity index (χ1) is 15.6. The molecule has 0 bridgehead atoms. The molecule has 0 saturated carbocycles. The summed E-state index contributed by atoms with van der Waals surface area (Å²) in [5, 5.41) is 4.66. The number of hydrogen-bond acceptors (Lipinski definition) is 4. The molecule has 1 aliphatic heterocycles. The summed E-state index contributed by atoms with van der Waals surface area (Å²) >= 11 is 0. The van der Waals surface area contributed by atoms with Gasteiger partial charge in [-0.15, -0.1) is 0 Å². The van der Waals surface area contributed by atoms with Gasteiger partial charge in [0.25, 0.3) is 0 Å². The van der Waals surface area contributed by atoms with Crippen molar-refractivity contribution in [3.63, 3.8) is 0 Å². The van der Waals surface area contributed by atoms with Gasteiger partial charge in [0.2, 0.25) is 0 Å². The number of benzene rings is 2. The number of fused-ring (bicyclic) bond motifs is 1. The van der Waals surface area contributed by atoms with E-state index in [1.807, 2.05) is 58.8 Å². The normalized spacial score (nSPS) is 15.8. The second-order valence-corrected chi connectivity index (χ2v) is 7.99. The zero-order valence-electron chi connectivity index (χ0n) is 18.1. The van der Waals surface area contributed by atoms with Crippen LogP contribution in [0.5, 0.6) is 5.75 Å². The summed E-state index contributed by atoms with van der Waals surface area (Å²) in [6.45, 7) is 2.78. The molecule has 0 radical (unpaired) electrons. The molecule has 0 aliphatic carbocycles. The second-order valence-electron chi connectivity index (χ2n) is 7.99. The molecule has 1 aliphatic rings. The standard InChI is InChI=1S/C25H24FN5O/c1-17-15-30(16-27-17)22-10-8-18(13-23(22)32-2)9-11-24-28-25-21(7-4-12-31(25)29-24)19-5-3-6-20(26)14-19/h3,5-6,8-11,13-16,21H,4,7,12H2,1-2H3.